The number of H-pyrrole nitrogens is 1. The second-order valence-corrected chi connectivity index (χ2v) is 1.09. The Morgan fingerprint density at radius 1 is 2.17 bits per heavy atom. The second-order valence-electron chi connectivity index (χ2n) is 1.09. The molecule has 2 nitrogen and oxygen atoms in total. The number of hydrogen-bond acceptors (Lipinski definition) is 1. The molecule has 0 bridgehead atoms. The average Bonchev–Trinajstić information content (AvgIpc) is 1.98. The summed E-state index contributed by atoms with van der Waals surface area (Å²) in [5, 5.41) is 5.84. The summed E-state index contributed by atoms with van der Waals surface area (Å²) in [6.45, 7) is 1.69. The summed E-state index contributed by atoms with van der Waals surface area (Å²) in [5.41, 5.74) is 0.602. The van der Waals surface area contributed by atoms with Crippen LogP contribution in [-0.2, 0) is 0 Å². The highest BCUT2D eigenvalue weighted by molar-refractivity contribution is 4.96. The summed E-state index contributed by atoms with van der Waals surface area (Å²) in [7, 11) is 0. The Morgan fingerprint density at radius 2 is 3.00 bits per heavy atom. The quantitative estimate of drug-likeness (QED) is 0.493. The molecular weight excluding hydrogens is 76.1 g/mol. The van der Waals surface area contributed by atoms with Crippen LogP contribution in [0.5, 0.6) is 0 Å². The maximum atomic E-state index is 7.00. The first-order valence-electron chi connectivity index (χ1n) is 2.70. The molecule has 0 saturated heterocycles. The number of rotatable bonds is 0. The van der Waals surface area contributed by atoms with Crippen LogP contribution in [0.3, 0.4) is 0 Å². The number of nitrogens with zero attached hydrogens (tertiary/aromatic N) is 1. The van der Waals surface area contributed by atoms with Crippen molar-refractivity contribution < 1.29 is 2.74 Å². The van der Waals surface area contributed by atoms with Gasteiger partial charge in [0.2, 0.25) is 0 Å². The van der Waals surface area contributed by atoms with E-state index in [4.69, 9.17) is 2.74 Å². The molecule has 0 amide bonds. The highest BCUT2D eigenvalue weighted by Gasteiger charge is 1.74. The first-order valence-corrected chi connectivity index (χ1v) is 1.70. The predicted molar refractivity (Wildman–Crippen MR) is 23.3 cm³/mol. The van der Waals surface area contributed by atoms with Gasteiger partial charge in [0.25, 0.3) is 0 Å². The lowest BCUT2D eigenvalue weighted by Gasteiger charge is -1.62. The maximum absolute atomic E-state index is 7.00. The summed E-state index contributed by atoms with van der Waals surface area (Å²) in [4.78, 5) is 0. The van der Waals surface area contributed by atoms with Crippen LogP contribution in [0, 0.1) is 6.92 Å². The summed E-state index contributed by atoms with van der Waals surface area (Å²) in [6.07, 6.45) is 0.394. The molecule has 1 N–H and O–H groups in total. The predicted octanol–water partition coefficient (Wildman–Crippen LogP) is 0.718. The molecule has 0 spiro atoms. The van der Waals surface area contributed by atoms with E-state index in [0.29, 0.717) is 5.56 Å². The van der Waals surface area contributed by atoms with Crippen LogP contribution in [0.15, 0.2) is 12.3 Å². The van der Waals surface area contributed by atoms with Crippen LogP contribution < -0.4 is 0 Å². The molecule has 0 aliphatic heterocycles. The molecule has 0 atom stereocenters. The molecule has 1 aromatic rings. The van der Waals surface area contributed by atoms with Gasteiger partial charge in [-0.2, -0.15) is 5.10 Å². The van der Waals surface area contributed by atoms with Crippen molar-refractivity contribution in [2.45, 2.75) is 6.92 Å². The molecule has 1 rings (SSSR count). The monoisotopic (exact) mass is 84.1 g/mol. The van der Waals surface area contributed by atoms with Crippen molar-refractivity contribution in [2.24, 2.45) is 0 Å². The van der Waals surface area contributed by atoms with Gasteiger partial charge in [0.15, 0.2) is 0 Å². The van der Waals surface area contributed by atoms with Crippen molar-refractivity contribution in [3.8, 4) is 0 Å². The topological polar surface area (TPSA) is 28.7 Å². The normalized spacial score (nSPS) is 13.5. The van der Waals surface area contributed by atoms with Crippen molar-refractivity contribution >= 4 is 0 Å². The number of nitrogens with one attached hydrogen (secondary N) is 1. The van der Waals surface area contributed by atoms with Crippen LogP contribution in [0.4, 0.5) is 0 Å². The molecule has 32 valence electrons. The van der Waals surface area contributed by atoms with E-state index in [1.807, 2.05) is 0 Å². The largest absolute Gasteiger partial charge is 0.285 e. The molecular formula is C4H6N2. The molecule has 0 saturated carbocycles. The average molecular weight is 84.1 g/mol. The minimum absolute atomic E-state index is 0.162. The third kappa shape index (κ3) is 0.407. The van der Waals surface area contributed by atoms with Gasteiger partial charge in [-0.25, -0.2) is 0 Å². The number of aromatic amines is 1. The Hall–Kier alpha value is -0.790. The van der Waals surface area contributed by atoms with Gasteiger partial charge in [-0.3, -0.25) is 5.10 Å². The van der Waals surface area contributed by atoms with Crippen molar-refractivity contribution in [3.05, 3.63) is 17.9 Å². The SMILES string of the molecule is [2H]c1n[nH]c([2H])c1C. The van der Waals surface area contributed by atoms with Gasteiger partial charge < -0.3 is 0 Å². The van der Waals surface area contributed by atoms with Gasteiger partial charge in [0.05, 0.1) is 8.91 Å². The van der Waals surface area contributed by atoms with E-state index in [0.717, 1.165) is 0 Å². The standard InChI is InChI=1S/C4H6N2/c1-4-2-5-6-3-4/h2-3H,1H3,(H,5,6)/i2D,3D. The van der Waals surface area contributed by atoms with Crippen LogP contribution >= 0.6 is 0 Å². The Bertz CT molecular complexity index is 174. The zero-order valence-electron chi connectivity index (χ0n) is 5.45. The van der Waals surface area contributed by atoms with Crippen molar-refractivity contribution in [1.29, 1.82) is 0 Å². The molecule has 6 heavy (non-hydrogen) atoms. The van der Waals surface area contributed by atoms with E-state index in [-0.39, 0.29) is 12.3 Å². The van der Waals surface area contributed by atoms with Crippen molar-refractivity contribution in [3.63, 3.8) is 0 Å². The Kier molecular flexibility index (Phi) is 0.333. The highest BCUT2D eigenvalue weighted by Crippen LogP contribution is 1.84. The van der Waals surface area contributed by atoms with Gasteiger partial charge in [0, 0.05) is 6.17 Å². The van der Waals surface area contributed by atoms with Crippen molar-refractivity contribution in [2.75, 3.05) is 0 Å². The van der Waals surface area contributed by atoms with Crippen molar-refractivity contribution in [1.82, 2.24) is 10.2 Å². The fraction of sp³-hybridized carbons (Fsp3) is 0.250. The first-order chi connectivity index (χ1) is 3.72. The third-order valence-electron chi connectivity index (χ3n) is 0.523. The van der Waals surface area contributed by atoms with E-state index >= 15 is 0 Å². The molecule has 1 heterocycles. The Morgan fingerprint density at radius 3 is 3.17 bits per heavy atom. The molecule has 0 fully saturated rings. The minimum atomic E-state index is 0.162. The lowest BCUT2D eigenvalue weighted by molar-refractivity contribution is 1.09. The molecule has 0 aliphatic rings. The van der Waals surface area contributed by atoms with Gasteiger partial charge in [-0.05, 0) is 12.5 Å². The van der Waals surface area contributed by atoms with Gasteiger partial charge in [0.1, 0.15) is 0 Å². The summed E-state index contributed by atoms with van der Waals surface area (Å²) in [5.74, 6) is 0. The summed E-state index contributed by atoms with van der Waals surface area (Å²) in [6, 6.07) is 0. The van der Waals surface area contributed by atoms with E-state index < -0.39 is 0 Å². The smallest absolute Gasteiger partial charge is 0.0862 e. The Labute approximate surface area is 39.0 Å². The zero-order chi connectivity index (χ0) is 6.15. The lowest BCUT2D eigenvalue weighted by atomic mass is 10.4. The molecule has 0 aliphatic carbocycles. The van der Waals surface area contributed by atoms with E-state index in [9.17, 15) is 0 Å². The molecule has 2 heteroatoms. The molecule has 1 aromatic heterocycles. The second kappa shape index (κ2) is 1.12. The maximum Gasteiger partial charge on any atom is 0.0862 e. The van der Waals surface area contributed by atoms with Gasteiger partial charge in [-0.15, -0.1) is 0 Å². The zero-order valence-corrected chi connectivity index (χ0v) is 3.45. The molecule has 0 aromatic carbocycles. The van der Waals surface area contributed by atoms with Crippen LogP contribution in [0.1, 0.15) is 8.30 Å². The van der Waals surface area contributed by atoms with E-state index in [1.54, 1.807) is 6.92 Å². The lowest BCUT2D eigenvalue weighted by Crippen LogP contribution is -1.53. The Balaban J connectivity index is 3.19. The summed E-state index contributed by atoms with van der Waals surface area (Å²) < 4.78 is 14.0. The van der Waals surface area contributed by atoms with Gasteiger partial charge >= 0.3 is 0 Å². The van der Waals surface area contributed by atoms with Gasteiger partial charge in [-0.1, -0.05) is 0 Å². The van der Waals surface area contributed by atoms with Crippen LogP contribution in [0.25, 0.3) is 0 Å². The fourth-order valence-corrected chi connectivity index (χ4v) is 0.252. The highest BCUT2D eigenvalue weighted by atomic mass is 15.1. The molecule has 0 radical (unpaired) electrons. The van der Waals surface area contributed by atoms with Crippen LogP contribution in [0.2, 0.25) is 0 Å². The van der Waals surface area contributed by atoms with E-state index in [1.165, 1.54) is 0 Å². The summed E-state index contributed by atoms with van der Waals surface area (Å²) >= 11 is 0. The first kappa shape index (κ1) is 1.78. The minimum Gasteiger partial charge on any atom is -0.285 e. The molecule has 0 unspecified atom stereocenters. The number of aromatic nitrogens is 2. The fourth-order valence-electron chi connectivity index (χ4n) is 0.252. The van der Waals surface area contributed by atoms with Crippen LogP contribution in [-0.4, -0.2) is 10.2 Å². The van der Waals surface area contributed by atoms with E-state index in [2.05, 4.69) is 10.2 Å². The number of hydrogen-bond donors (Lipinski definition) is 1. The third-order valence-corrected chi connectivity index (χ3v) is 0.523.